The van der Waals surface area contributed by atoms with Gasteiger partial charge in [0.1, 0.15) is 11.0 Å². The fourth-order valence-electron chi connectivity index (χ4n) is 2.03. The summed E-state index contributed by atoms with van der Waals surface area (Å²) in [6.07, 6.45) is 0.300. The lowest BCUT2D eigenvalue weighted by Crippen LogP contribution is -2.40. The zero-order valence-corrected chi connectivity index (χ0v) is 11.2. The third kappa shape index (κ3) is 1.58. The van der Waals surface area contributed by atoms with Crippen LogP contribution in [-0.2, 0) is 21.1 Å². The number of hydrogen-bond donors (Lipinski definition) is 0. The number of aryl methyl sites for hydroxylation is 2. The van der Waals surface area contributed by atoms with E-state index in [2.05, 4.69) is 0 Å². The molecule has 0 aliphatic heterocycles. The van der Waals surface area contributed by atoms with Crippen molar-refractivity contribution < 1.29 is 4.79 Å². The second-order valence-electron chi connectivity index (χ2n) is 4.11. The highest BCUT2D eigenvalue weighted by Crippen LogP contribution is 2.19. The number of fused-ring (bicyclic) bond motifs is 1. The first-order valence-electron chi connectivity index (χ1n) is 5.26. The third-order valence-corrected chi connectivity index (χ3v) is 3.45. The smallest absolute Gasteiger partial charge is 0.298 e. The van der Waals surface area contributed by atoms with Gasteiger partial charge in [0.05, 0.1) is 10.6 Å². The van der Waals surface area contributed by atoms with Crippen LogP contribution in [0.15, 0.2) is 14.4 Å². The number of rotatable bonds is 1. The Morgan fingerprint density at radius 3 is 2.05 bits per heavy atom. The molecular formula is C11H10ClN3O4. The van der Waals surface area contributed by atoms with Gasteiger partial charge in [-0.25, -0.2) is 4.79 Å². The van der Waals surface area contributed by atoms with Crippen molar-refractivity contribution in [3.63, 3.8) is 0 Å². The molecule has 0 saturated heterocycles. The summed E-state index contributed by atoms with van der Waals surface area (Å²) in [6, 6.07) is 0. The molecule has 0 aliphatic rings. The summed E-state index contributed by atoms with van der Waals surface area (Å²) >= 11 is 5.95. The number of aldehydes is 1. The Hall–Kier alpha value is -2.15. The molecule has 19 heavy (non-hydrogen) atoms. The Labute approximate surface area is 111 Å². The summed E-state index contributed by atoms with van der Waals surface area (Å²) in [5.41, 5.74) is -2.11. The lowest BCUT2D eigenvalue weighted by atomic mass is 10.2. The molecule has 0 atom stereocenters. The third-order valence-electron chi connectivity index (χ3n) is 3.06. The van der Waals surface area contributed by atoms with Gasteiger partial charge in [0, 0.05) is 21.1 Å². The molecule has 0 amide bonds. The molecule has 0 aliphatic carbocycles. The molecule has 2 aromatic rings. The Balaban J connectivity index is 3.39. The van der Waals surface area contributed by atoms with Gasteiger partial charge in [-0.2, -0.15) is 0 Å². The minimum atomic E-state index is -0.657. The van der Waals surface area contributed by atoms with Crippen molar-refractivity contribution in [2.45, 2.75) is 0 Å². The van der Waals surface area contributed by atoms with Crippen molar-refractivity contribution in [1.29, 1.82) is 0 Å². The van der Waals surface area contributed by atoms with Gasteiger partial charge in [-0.1, -0.05) is 11.6 Å². The number of halogens is 1. The summed E-state index contributed by atoms with van der Waals surface area (Å²) < 4.78 is 3.07. The average Bonchev–Trinajstić information content (AvgIpc) is 2.38. The minimum Gasteiger partial charge on any atom is -0.298 e. The zero-order chi connectivity index (χ0) is 14.5. The monoisotopic (exact) mass is 283 g/mol. The van der Waals surface area contributed by atoms with Crippen molar-refractivity contribution in [2.24, 2.45) is 21.1 Å². The van der Waals surface area contributed by atoms with Crippen LogP contribution in [0.1, 0.15) is 10.4 Å². The standard InChI is InChI=1S/C11H10ClN3O4/c1-13-8-6(7(12)5(4-16)9(13)17)10(18)15(3)11(19)14(8)2/h4H,1-3H3. The van der Waals surface area contributed by atoms with Gasteiger partial charge in [0.2, 0.25) is 0 Å². The highest BCUT2D eigenvalue weighted by molar-refractivity contribution is 6.37. The van der Waals surface area contributed by atoms with Crippen LogP contribution in [0.25, 0.3) is 11.0 Å². The molecule has 2 rings (SSSR count). The van der Waals surface area contributed by atoms with Crippen molar-refractivity contribution >= 4 is 28.9 Å². The summed E-state index contributed by atoms with van der Waals surface area (Å²) in [7, 11) is 4.08. The molecule has 0 spiro atoms. The zero-order valence-electron chi connectivity index (χ0n) is 10.4. The Morgan fingerprint density at radius 2 is 1.53 bits per heavy atom. The largest absolute Gasteiger partial charge is 0.332 e. The van der Waals surface area contributed by atoms with Crippen LogP contribution in [0.4, 0.5) is 0 Å². The maximum absolute atomic E-state index is 12.1. The van der Waals surface area contributed by atoms with Gasteiger partial charge in [0.15, 0.2) is 6.29 Å². The van der Waals surface area contributed by atoms with E-state index in [1.165, 1.54) is 21.1 Å². The Morgan fingerprint density at radius 1 is 0.947 bits per heavy atom. The molecule has 0 aromatic carbocycles. The first-order chi connectivity index (χ1) is 8.82. The first-order valence-corrected chi connectivity index (χ1v) is 5.64. The number of hydrogen-bond acceptors (Lipinski definition) is 4. The highest BCUT2D eigenvalue weighted by atomic mass is 35.5. The van der Waals surface area contributed by atoms with Crippen molar-refractivity contribution in [3.05, 3.63) is 41.8 Å². The van der Waals surface area contributed by atoms with Gasteiger partial charge in [-0.15, -0.1) is 0 Å². The van der Waals surface area contributed by atoms with Gasteiger partial charge in [-0.05, 0) is 0 Å². The van der Waals surface area contributed by atoms with Gasteiger partial charge in [-0.3, -0.25) is 28.1 Å². The molecular weight excluding hydrogens is 274 g/mol. The Kier molecular flexibility index (Phi) is 2.94. The molecule has 0 N–H and O–H groups in total. The van der Waals surface area contributed by atoms with E-state index in [0.717, 1.165) is 13.7 Å². The quantitative estimate of drug-likeness (QED) is 0.655. The topological polar surface area (TPSA) is 83.1 Å². The first kappa shape index (κ1) is 13.3. The summed E-state index contributed by atoms with van der Waals surface area (Å²) in [5, 5.41) is -0.264. The average molecular weight is 284 g/mol. The second kappa shape index (κ2) is 4.20. The molecule has 0 saturated carbocycles. The second-order valence-corrected chi connectivity index (χ2v) is 4.49. The molecule has 0 bridgehead atoms. The molecule has 0 unspecified atom stereocenters. The molecule has 0 fully saturated rings. The van der Waals surface area contributed by atoms with E-state index >= 15 is 0 Å². The number of aromatic nitrogens is 3. The molecule has 8 heteroatoms. The predicted molar refractivity (Wildman–Crippen MR) is 70.1 cm³/mol. The maximum Gasteiger partial charge on any atom is 0.332 e. The van der Waals surface area contributed by atoms with E-state index < -0.39 is 16.8 Å². The molecule has 0 radical (unpaired) electrons. The van der Waals surface area contributed by atoms with Crippen LogP contribution in [0, 0.1) is 0 Å². The number of carbonyl (C=O) groups excluding carboxylic acids is 1. The van der Waals surface area contributed by atoms with Gasteiger partial charge < -0.3 is 0 Å². The van der Waals surface area contributed by atoms with E-state index in [4.69, 9.17) is 11.6 Å². The fourth-order valence-corrected chi connectivity index (χ4v) is 2.32. The van der Waals surface area contributed by atoms with Crippen LogP contribution in [-0.4, -0.2) is 20.0 Å². The lowest BCUT2D eigenvalue weighted by molar-refractivity contribution is 0.112. The van der Waals surface area contributed by atoms with E-state index in [-0.39, 0.29) is 21.6 Å². The molecule has 2 heterocycles. The maximum atomic E-state index is 12.1. The van der Waals surface area contributed by atoms with E-state index in [1.807, 2.05) is 0 Å². The summed E-state index contributed by atoms with van der Waals surface area (Å²) in [6.45, 7) is 0. The van der Waals surface area contributed by atoms with Crippen LogP contribution in [0.2, 0.25) is 5.02 Å². The number of pyridine rings is 1. The van der Waals surface area contributed by atoms with Crippen molar-refractivity contribution in [1.82, 2.24) is 13.7 Å². The molecule has 100 valence electrons. The van der Waals surface area contributed by atoms with E-state index in [1.54, 1.807) is 0 Å². The normalized spacial score (nSPS) is 10.9. The number of nitrogens with zero attached hydrogens (tertiary/aromatic N) is 3. The molecule has 2 aromatic heterocycles. The number of carbonyl (C=O) groups is 1. The summed E-state index contributed by atoms with van der Waals surface area (Å²) in [5.74, 6) is 0. The predicted octanol–water partition coefficient (Wildman–Crippen LogP) is -0.598. The van der Waals surface area contributed by atoms with E-state index in [0.29, 0.717) is 6.29 Å². The molecule has 7 nitrogen and oxygen atoms in total. The minimum absolute atomic E-state index is 0.0320. The van der Waals surface area contributed by atoms with Crippen LogP contribution in [0.5, 0.6) is 0 Å². The SMILES string of the molecule is Cn1c(=O)c2c(Cl)c(C=O)c(=O)n(C)c2n(C)c1=O. The van der Waals surface area contributed by atoms with Crippen molar-refractivity contribution in [2.75, 3.05) is 0 Å². The fraction of sp³-hybridized carbons (Fsp3) is 0.273. The lowest BCUT2D eigenvalue weighted by Gasteiger charge is -2.12. The van der Waals surface area contributed by atoms with Crippen molar-refractivity contribution in [3.8, 4) is 0 Å². The highest BCUT2D eigenvalue weighted by Gasteiger charge is 2.19. The van der Waals surface area contributed by atoms with E-state index in [9.17, 15) is 19.2 Å². The van der Waals surface area contributed by atoms with Crippen LogP contribution < -0.4 is 16.8 Å². The Bertz CT molecular complexity index is 888. The van der Waals surface area contributed by atoms with Crippen LogP contribution in [0.3, 0.4) is 0 Å². The summed E-state index contributed by atoms with van der Waals surface area (Å²) in [4.78, 5) is 46.8. The van der Waals surface area contributed by atoms with Gasteiger partial charge >= 0.3 is 5.69 Å². The van der Waals surface area contributed by atoms with Gasteiger partial charge in [0.25, 0.3) is 11.1 Å². The van der Waals surface area contributed by atoms with Crippen LogP contribution >= 0.6 is 11.6 Å².